The summed E-state index contributed by atoms with van der Waals surface area (Å²) in [5, 5.41) is 0. The van der Waals surface area contributed by atoms with Gasteiger partial charge in [-0.2, -0.15) is 15.0 Å². The molecular formula is C21H25N7O2. The fourth-order valence-electron chi connectivity index (χ4n) is 3.09. The first kappa shape index (κ1) is 20.1. The van der Waals surface area contributed by atoms with Crippen LogP contribution in [0.3, 0.4) is 0 Å². The lowest BCUT2D eigenvalue weighted by molar-refractivity contribution is 0.0317. The van der Waals surface area contributed by atoms with Gasteiger partial charge in [-0.3, -0.25) is 14.5 Å². The van der Waals surface area contributed by atoms with Gasteiger partial charge in [0, 0.05) is 38.2 Å². The summed E-state index contributed by atoms with van der Waals surface area (Å²) in [4.78, 5) is 24.2. The molecule has 0 saturated carbocycles. The Morgan fingerprint density at radius 1 is 1.20 bits per heavy atom. The lowest BCUT2D eigenvalue weighted by Gasteiger charge is -2.26. The van der Waals surface area contributed by atoms with Gasteiger partial charge in [-0.25, -0.2) is 4.98 Å². The second-order valence-electron chi connectivity index (χ2n) is 6.99. The molecule has 3 aromatic rings. The number of ether oxygens (including phenoxy) is 2. The maximum Gasteiger partial charge on any atom is 0.321 e. The van der Waals surface area contributed by atoms with E-state index in [0.29, 0.717) is 30.9 Å². The number of aromatic nitrogens is 5. The highest BCUT2D eigenvalue weighted by atomic mass is 16.5. The van der Waals surface area contributed by atoms with Crippen LogP contribution >= 0.6 is 0 Å². The maximum atomic E-state index is 5.84. The third-order valence-electron chi connectivity index (χ3n) is 4.64. The van der Waals surface area contributed by atoms with E-state index in [1.165, 1.54) is 5.56 Å². The van der Waals surface area contributed by atoms with E-state index in [1.54, 1.807) is 23.3 Å². The van der Waals surface area contributed by atoms with Gasteiger partial charge >= 0.3 is 6.01 Å². The zero-order valence-corrected chi connectivity index (χ0v) is 17.0. The number of nitrogens with zero attached hydrogens (tertiary/aromatic N) is 7. The monoisotopic (exact) mass is 407 g/mol. The Morgan fingerprint density at radius 3 is 2.90 bits per heavy atom. The van der Waals surface area contributed by atoms with E-state index in [9.17, 15) is 0 Å². The topological polar surface area (TPSA) is 90.6 Å². The van der Waals surface area contributed by atoms with Crippen molar-refractivity contribution < 1.29 is 9.47 Å². The maximum absolute atomic E-state index is 5.84. The molecule has 4 rings (SSSR count). The molecule has 0 atom stereocenters. The van der Waals surface area contributed by atoms with E-state index in [2.05, 4.69) is 48.9 Å². The predicted molar refractivity (Wildman–Crippen MR) is 112 cm³/mol. The van der Waals surface area contributed by atoms with Gasteiger partial charge in [-0.1, -0.05) is 29.8 Å². The zero-order valence-electron chi connectivity index (χ0n) is 17.0. The van der Waals surface area contributed by atoms with Crippen LogP contribution in [0.1, 0.15) is 17.0 Å². The molecule has 1 fully saturated rings. The SMILES string of the molecule is Cc1cccc(C=NCc2nc(OCCN3CCOCC3)nc(-n3ccnc3)n2)c1. The van der Waals surface area contributed by atoms with E-state index in [0.717, 1.165) is 38.4 Å². The molecule has 1 aliphatic heterocycles. The van der Waals surface area contributed by atoms with Crippen molar-refractivity contribution in [2.24, 2.45) is 4.99 Å². The molecular weight excluding hydrogens is 382 g/mol. The largest absolute Gasteiger partial charge is 0.462 e. The number of aliphatic imine (C=N–C) groups is 1. The Morgan fingerprint density at radius 2 is 2.10 bits per heavy atom. The van der Waals surface area contributed by atoms with Gasteiger partial charge in [0.05, 0.1) is 19.8 Å². The Labute approximate surface area is 175 Å². The summed E-state index contributed by atoms with van der Waals surface area (Å²) < 4.78 is 12.9. The summed E-state index contributed by atoms with van der Waals surface area (Å²) in [5.74, 6) is 1.00. The van der Waals surface area contributed by atoms with Crippen LogP contribution in [0.2, 0.25) is 0 Å². The molecule has 9 nitrogen and oxygen atoms in total. The number of hydrogen-bond donors (Lipinski definition) is 0. The highest BCUT2D eigenvalue weighted by molar-refractivity contribution is 5.79. The molecule has 9 heteroatoms. The normalized spacial score (nSPS) is 15.0. The summed E-state index contributed by atoms with van der Waals surface area (Å²) in [5.41, 5.74) is 2.23. The van der Waals surface area contributed by atoms with Gasteiger partial charge in [0.1, 0.15) is 12.9 Å². The van der Waals surface area contributed by atoms with Gasteiger partial charge < -0.3 is 9.47 Å². The van der Waals surface area contributed by atoms with Crippen molar-refractivity contribution in [1.82, 2.24) is 29.4 Å². The van der Waals surface area contributed by atoms with Crippen LogP contribution in [-0.4, -0.2) is 75.1 Å². The zero-order chi connectivity index (χ0) is 20.6. The second-order valence-corrected chi connectivity index (χ2v) is 6.99. The summed E-state index contributed by atoms with van der Waals surface area (Å²) in [6, 6.07) is 8.45. The fraction of sp³-hybridized carbons (Fsp3) is 0.381. The Balaban J connectivity index is 1.44. The number of imidazole rings is 1. The van der Waals surface area contributed by atoms with E-state index < -0.39 is 0 Å². The van der Waals surface area contributed by atoms with Crippen LogP contribution in [0.15, 0.2) is 48.0 Å². The first-order chi connectivity index (χ1) is 14.8. The molecule has 30 heavy (non-hydrogen) atoms. The third-order valence-corrected chi connectivity index (χ3v) is 4.64. The predicted octanol–water partition coefficient (Wildman–Crippen LogP) is 1.70. The molecule has 2 aromatic heterocycles. The number of hydrogen-bond acceptors (Lipinski definition) is 8. The van der Waals surface area contributed by atoms with Gasteiger partial charge in [-0.05, 0) is 12.5 Å². The lowest BCUT2D eigenvalue weighted by Crippen LogP contribution is -2.38. The summed E-state index contributed by atoms with van der Waals surface area (Å²) >= 11 is 0. The molecule has 0 unspecified atom stereocenters. The van der Waals surface area contributed by atoms with Crippen molar-refractivity contribution in [2.75, 3.05) is 39.5 Å². The molecule has 0 spiro atoms. The Hall–Kier alpha value is -3.17. The minimum Gasteiger partial charge on any atom is -0.462 e. The number of aryl methyl sites for hydroxylation is 1. The molecule has 1 aromatic carbocycles. The quantitative estimate of drug-likeness (QED) is 0.525. The van der Waals surface area contributed by atoms with Crippen molar-refractivity contribution in [2.45, 2.75) is 13.5 Å². The summed E-state index contributed by atoms with van der Waals surface area (Å²) in [6.07, 6.45) is 6.93. The van der Waals surface area contributed by atoms with Gasteiger partial charge in [0.15, 0.2) is 5.82 Å². The molecule has 0 amide bonds. The second kappa shape index (κ2) is 10.0. The first-order valence-electron chi connectivity index (χ1n) is 9.99. The van der Waals surface area contributed by atoms with Crippen LogP contribution < -0.4 is 4.74 Å². The van der Waals surface area contributed by atoms with Crippen molar-refractivity contribution in [3.8, 4) is 12.0 Å². The lowest BCUT2D eigenvalue weighted by atomic mass is 10.2. The van der Waals surface area contributed by atoms with Crippen molar-refractivity contribution >= 4 is 6.21 Å². The fourth-order valence-corrected chi connectivity index (χ4v) is 3.09. The molecule has 3 heterocycles. The van der Waals surface area contributed by atoms with Crippen molar-refractivity contribution in [3.63, 3.8) is 0 Å². The summed E-state index contributed by atoms with van der Waals surface area (Å²) in [7, 11) is 0. The minimum atomic E-state index is 0.294. The van der Waals surface area contributed by atoms with E-state index in [1.807, 2.05) is 18.3 Å². The number of morpholine rings is 1. The van der Waals surface area contributed by atoms with Crippen molar-refractivity contribution in [1.29, 1.82) is 0 Å². The van der Waals surface area contributed by atoms with Gasteiger partial charge in [0.25, 0.3) is 0 Å². The average molecular weight is 407 g/mol. The first-order valence-corrected chi connectivity index (χ1v) is 9.99. The number of benzene rings is 1. The Bertz CT molecular complexity index is 969. The van der Waals surface area contributed by atoms with E-state index in [-0.39, 0.29) is 0 Å². The number of rotatable bonds is 8. The van der Waals surface area contributed by atoms with Crippen LogP contribution in [0, 0.1) is 6.92 Å². The van der Waals surface area contributed by atoms with Crippen LogP contribution in [0.4, 0.5) is 0 Å². The molecule has 156 valence electrons. The van der Waals surface area contributed by atoms with Gasteiger partial charge in [-0.15, -0.1) is 0 Å². The van der Waals surface area contributed by atoms with Crippen LogP contribution in [0.5, 0.6) is 6.01 Å². The average Bonchev–Trinajstić information content (AvgIpc) is 3.30. The Kier molecular flexibility index (Phi) is 6.73. The molecule has 0 radical (unpaired) electrons. The molecule has 1 aliphatic rings. The minimum absolute atomic E-state index is 0.294. The smallest absolute Gasteiger partial charge is 0.321 e. The molecule has 0 N–H and O–H groups in total. The van der Waals surface area contributed by atoms with E-state index in [4.69, 9.17) is 9.47 Å². The third kappa shape index (κ3) is 5.68. The summed E-state index contributed by atoms with van der Waals surface area (Å²) in [6.45, 7) is 7.05. The molecule has 0 bridgehead atoms. The molecule has 0 aliphatic carbocycles. The highest BCUT2D eigenvalue weighted by Gasteiger charge is 2.12. The standard InChI is InChI=1S/C21H25N7O2/c1-17-3-2-4-18(13-17)14-23-15-19-24-20(28-6-5-22-16-28)26-21(25-19)30-12-9-27-7-10-29-11-8-27/h2-6,13-14,16H,7-12,15H2,1H3. The van der Waals surface area contributed by atoms with Crippen LogP contribution in [0.25, 0.3) is 5.95 Å². The van der Waals surface area contributed by atoms with E-state index >= 15 is 0 Å². The van der Waals surface area contributed by atoms with Crippen molar-refractivity contribution in [3.05, 3.63) is 59.9 Å². The highest BCUT2D eigenvalue weighted by Crippen LogP contribution is 2.10. The van der Waals surface area contributed by atoms with Gasteiger partial charge in [0.2, 0.25) is 5.95 Å². The molecule has 1 saturated heterocycles. The van der Waals surface area contributed by atoms with Crippen LogP contribution in [-0.2, 0) is 11.3 Å².